The topological polar surface area (TPSA) is 77.6 Å². The molecule has 0 atom stereocenters. The molecule has 0 aliphatic heterocycles. The summed E-state index contributed by atoms with van der Waals surface area (Å²) in [7, 11) is 0. The van der Waals surface area contributed by atoms with Gasteiger partial charge in [0.15, 0.2) is 5.16 Å². The van der Waals surface area contributed by atoms with E-state index in [1.165, 1.54) is 18.0 Å². The van der Waals surface area contributed by atoms with E-state index < -0.39 is 0 Å². The lowest BCUT2D eigenvalue weighted by atomic mass is 10.4. The van der Waals surface area contributed by atoms with E-state index in [2.05, 4.69) is 19.9 Å². The number of rotatable bonds is 2. The Morgan fingerprint density at radius 2 is 1.75 bits per heavy atom. The van der Waals surface area contributed by atoms with Crippen molar-refractivity contribution in [3.8, 4) is 0 Å². The molecule has 0 aromatic carbocycles. The highest BCUT2D eigenvalue weighted by atomic mass is 32.2. The Balaban J connectivity index is 2.23. The molecule has 0 aliphatic carbocycles. The lowest BCUT2D eigenvalue weighted by Crippen LogP contribution is -1.95. The number of aromatic nitrogens is 4. The van der Waals surface area contributed by atoms with Crippen molar-refractivity contribution in [1.29, 1.82) is 0 Å². The van der Waals surface area contributed by atoms with Gasteiger partial charge < -0.3 is 5.73 Å². The summed E-state index contributed by atoms with van der Waals surface area (Å²) in [6.07, 6.45) is 3.13. The summed E-state index contributed by atoms with van der Waals surface area (Å²) >= 11 is 1.37. The predicted molar refractivity (Wildman–Crippen MR) is 62.1 cm³/mol. The third kappa shape index (κ3) is 2.66. The van der Waals surface area contributed by atoms with Crippen LogP contribution in [0.1, 0.15) is 11.4 Å². The molecule has 2 aromatic heterocycles. The van der Waals surface area contributed by atoms with E-state index in [1.807, 2.05) is 19.9 Å². The Hall–Kier alpha value is -1.69. The molecule has 0 unspecified atom stereocenters. The number of aryl methyl sites for hydroxylation is 2. The minimum Gasteiger partial charge on any atom is -0.382 e. The largest absolute Gasteiger partial charge is 0.382 e. The Morgan fingerprint density at radius 1 is 1.06 bits per heavy atom. The molecule has 0 amide bonds. The summed E-state index contributed by atoms with van der Waals surface area (Å²) < 4.78 is 0. The highest BCUT2D eigenvalue weighted by Gasteiger charge is 2.03. The first-order chi connectivity index (χ1) is 7.63. The molecule has 2 heterocycles. The van der Waals surface area contributed by atoms with Gasteiger partial charge >= 0.3 is 0 Å². The van der Waals surface area contributed by atoms with Crippen LogP contribution in [0.2, 0.25) is 0 Å². The van der Waals surface area contributed by atoms with Crippen LogP contribution in [0.15, 0.2) is 28.6 Å². The second-order valence-corrected chi connectivity index (χ2v) is 4.30. The van der Waals surface area contributed by atoms with Gasteiger partial charge in [-0.05, 0) is 31.7 Å². The molecule has 0 aliphatic rings. The fourth-order valence-corrected chi connectivity index (χ4v) is 1.99. The van der Waals surface area contributed by atoms with E-state index >= 15 is 0 Å². The maximum atomic E-state index is 5.45. The Bertz CT molecular complexity index is 477. The molecule has 2 aromatic rings. The van der Waals surface area contributed by atoms with Gasteiger partial charge in [0.05, 0.1) is 12.4 Å². The molecule has 0 saturated carbocycles. The van der Waals surface area contributed by atoms with Gasteiger partial charge in [-0.1, -0.05) is 0 Å². The molecule has 82 valence electrons. The van der Waals surface area contributed by atoms with E-state index in [4.69, 9.17) is 5.73 Å². The van der Waals surface area contributed by atoms with Gasteiger partial charge in [-0.2, -0.15) is 0 Å². The van der Waals surface area contributed by atoms with Crippen molar-refractivity contribution in [1.82, 2.24) is 19.9 Å². The van der Waals surface area contributed by atoms with Crippen LogP contribution in [0, 0.1) is 13.8 Å². The van der Waals surface area contributed by atoms with Crippen LogP contribution in [-0.4, -0.2) is 19.9 Å². The number of nitrogens with zero attached hydrogens (tertiary/aromatic N) is 4. The first-order valence-corrected chi connectivity index (χ1v) is 5.53. The maximum Gasteiger partial charge on any atom is 0.194 e. The summed E-state index contributed by atoms with van der Waals surface area (Å²) in [5.74, 6) is 0.408. The van der Waals surface area contributed by atoms with Gasteiger partial charge in [0.25, 0.3) is 0 Å². The number of anilines is 1. The van der Waals surface area contributed by atoms with Crippen molar-refractivity contribution < 1.29 is 0 Å². The lowest BCUT2D eigenvalue weighted by Gasteiger charge is -2.01. The van der Waals surface area contributed by atoms with E-state index in [1.54, 1.807) is 6.20 Å². The molecule has 0 spiro atoms. The molecule has 0 fully saturated rings. The quantitative estimate of drug-likeness (QED) is 0.794. The third-order valence-corrected chi connectivity index (χ3v) is 2.59. The van der Waals surface area contributed by atoms with E-state index in [0.29, 0.717) is 11.0 Å². The summed E-state index contributed by atoms with van der Waals surface area (Å²) in [6, 6.07) is 1.93. The van der Waals surface area contributed by atoms with Gasteiger partial charge in [0.2, 0.25) is 0 Å². The average molecular weight is 233 g/mol. The molecule has 16 heavy (non-hydrogen) atoms. The first kappa shape index (κ1) is 10.8. The van der Waals surface area contributed by atoms with Crippen LogP contribution in [0.5, 0.6) is 0 Å². The zero-order valence-corrected chi connectivity index (χ0v) is 9.82. The van der Waals surface area contributed by atoms with Crippen molar-refractivity contribution in [3.63, 3.8) is 0 Å². The average Bonchev–Trinajstić information content (AvgIpc) is 2.20. The minimum absolute atomic E-state index is 0.408. The van der Waals surface area contributed by atoms with Crippen molar-refractivity contribution in [2.75, 3.05) is 5.73 Å². The molecule has 2 N–H and O–H groups in total. The van der Waals surface area contributed by atoms with Crippen LogP contribution < -0.4 is 5.73 Å². The summed E-state index contributed by atoms with van der Waals surface area (Å²) in [5.41, 5.74) is 7.34. The minimum atomic E-state index is 0.408. The van der Waals surface area contributed by atoms with Gasteiger partial charge in [0.1, 0.15) is 10.8 Å². The van der Waals surface area contributed by atoms with Crippen LogP contribution in [0.4, 0.5) is 5.82 Å². The fourth-order valence-electron chi connectivity index (χ4n) is 1.21. The smallest absolute Gasteiger partial charge is 0.194 e. The van der Waals surface area contributed by atoms with E-state index in [9.17, 15) is 0 Å². The molecule has 5 nitrogen and oxygen atoms in total. The SMILES string of the molecule is Cc1cc(C)nc(Sc2cnc(N)cn2)n1. The number of hydrogen-bond acceptors (Lipinski definition) is 6. The highest BCUT2D eigenvalue weighted by Crippen LogP contribution is 2.22. The lowest BCUT2D eigenvalue weighted by molar-refractivity contribution is 0.897. The van der Waals surface area contributed by atoms with Crippen LogP contribution in [0.25, 0.3) is 0 Å². The Labute approximate surface area is 97.6 Å². The number of nitrogens with two attached hydrogens (primary N) is 1. The third-order valence-electron chi connectivity index (χ3n) is 1.81. The molecule has 2 rings (SSSR count). The molecule has 0 bridgehead atoms. The second-order valence-electron chi connectivity index (χ2n) is 3.31. The van der Waals surface area contributed by atoms with Crippen molar-refractivity contribution >= 4 is 17.6 Å². The first-order valence-electron chi connectivity index (χ1n) is 4.71. The summed E-state index contributed by atoms with van der Waals surface area (Å²) in [6.45, 7) is 3.88. The zero-order valence-electron chi connectivity index (χ0n) is 9.01. The molecular weight excluding hydrogens is 222 g/mol. The van der Waals surface area contributed by atoms with Gasteiger partial charge in [-0.3, -0.25) is 0 Å². The van der Waals surface area contributed by atoms with Crippen LogP contribution in [0.3, 0.4) is 0 Å². The molecule has 0 saturated heterocycles. The van der Waals surface area contributed by atoms with Crippen molar-refractivity contribution in [3.05, 3.63) is 29.8 Å². The number of hydrogen-bond donors (Lipinski definition) is 1. The van der Waals surface area contributed by atoms with E-state index in [0.717, 1.165) is 16.4 Å². The van der Waals surface area contributed by atoms with Crippen LogP contribution in [-0.2, 0) is 0 Å². The van der Waals surface area contributed by atoms with Gasteiger partial charge in [0, 0.05) is 11.4 Å². The number of nitrogen functional groups attached to an aromatic ring is 1. The standard InChI is InChI=1S/C10H11N5S/c1-6-3-7(2)15-10(14-6)16-9-5-12-8(11)4-13-9/h3-5H,1-2H3,(H2,11,12). The summed E-state index contributed by atoms with van der Waals surface area (Å²) in [5, 5.41) is 1.41. The monoisotopic (exact) mass is 233 g/mol. The summed E-state index contributed by atoms with van der Waals surface area (Å²) in [4.78, 5) is 16.7. The van der Waals surface area contributed by atoms with Crippen LogP contribution >= 0.6 is 11.8 Å². The molecule has 0 radical (unpaired) electrons. The molecular formula is C10H11N5S. The van der Waals surface area contributed by atoms with Gasteiger partial charge in [-0.15, -0.1) is 0 Å². The van der Waals surface area contributed by atoms with Crippen molar-refractivity contribution in [2.45, 2.75) is 24.0 Å². The Kier molecular flexibility index (Phi) is 3.00. The maximum absolute atomic E-state index is 5.45. The van der Waals surface area contributed by atoms with Gasteiger partial charge in [-0.25, -0.2) is 19.9 Å². The molecule has 6 heteroatoms. The fraction of sp³-hybridized carbons (Fsp3) is 0.200. The normalized spacial score (nSPS) is 10.4. The highest BCUT2D eigenvalue weighted by molar-refractivity contribution is 7.99. The van der Waals surface area contributed by atoms with E-state index in [-0.39, 0.29) is 0 Å². The Morgan fingerprint density at radius 3 is 2.31 bits per heavy atom. The zero-order chi connectivity index (χ0) is 11.5. The van der Waals surface area contributed by atoms with Crippen molar-refractivity contribution in [2.24, 2.45) is 0 Å². The second kappa shape index (κ2) is 4.44. The predicted octanol–water partition coefficient (Wildman–Crippen LogP) is 1.62.